The highest BCUT2D eigenvalue weighted by Crippen LogP contribution is 2.10. The van der Waals surface area contributed by atoms with Gasteiger partial charge in [0, 0.05) is 6.54 Å². The largest absolute Gasteiger partial charge is 0.484 e. The summed E-state index contributed by atoms with van der Waals surface area (Å²) in [4.78, 5) is 11.4. The molecule has 94 valence electrons. The summed E-state index contributed by atoms with van der Waals surface area (Å²) in [6.45, 7) is 4.43. The van der Waals surface area contributed by atoms with Gasteiger partial charge in [-0.15, -0.1) is 0 Å². The molecule has 0 unspecified atom stereocenters. The van der Waals surface area contributed by atoms with Crippen LogP contribution in [0.25, 0.3) is 0 Å². The lowest BCUT2D eigenvalue weighted by atomic mass is 10.2. The summed E-state index contributed by atoms with van der Waals surface area (Å²) in [5, 5.41) is 11.3. The molecule has 0 heterocycles. The summed E-state index contributed by atoms with van der Waals surface area (Å²) >= 11 is 0. The van der Waals surface area contributed by atoms with E-state index >= 15 is 0 Å². The fourth-order valence-corrected chi connectivity index (χ4v) is 1.19. The number of amides is 1. The molecule has 0 aliphatic heterocycles. The van der Waals surface area contributed by atoms with Gasteiger partial charge in [-0.1, -0.05) is 11.6 Å². The molecular formula is C14H16N2O2. The van der Waals surface area contributed by atoms with Gasteiger partial charge >= 0.3 is 0 Å². The molecule has 1 N–H and O–H groups in total. The van der Waals surface area contributed by atoms with Crippen LogP contribution < -0.4 is 10.1 Å². The molecule has 0 fully saturated rings. The number of hydrogen-bond donors (Lipinski definition) is 1. The Morgan fingerprint density at radius 3 is 2.61 bits per heavy atom. The van der Waals surface area contributed by atoms with Crippen molar-refractivity contribution in [1.82, 2.24) is 5.32 Å². The molecule has 1 rings (SSSR count). The first-order valence-electron chi connectivity index (χ1n) is 5.65. The zero-order valence-electron chi connectivity index (χ0n) is 10.6. The average molecular weight is 244 g/mol. The lowest BCUT2D eigenvalue weighted by Gasteiger charge is -2.06. The van der Waals surface area contributed by atoms with Crippen molar-refractivity contribution in [3.8, 4) is 11.8 Å². The molecule has 1 amide bonds. The van der Waals surface area contributed by atoms with Crippen LogP contribution >= 0.6 is 0 Å². The van der Waals surface area contributed by atoms with Gasteiger partial charge < -0.3 is 10.1 Å². The third-order valence-corrected chi connectivity index (χ3v) is 2.16. The van der Waals surface area contributed by atoms with Crippen molar-refractivity contribution in [2.24, 2.45) is 0 Å². The van der Waals surface area contributed by atoms with E-state index in [2.05, 4.69) is 5.32 Å². The normalized spacial score (nSPS) is 9.17. The molecule has 0 bridgehead atoms. The summed E-state index contributed by atoms with van der Waals surface area (Å²) < 4.78 is 5.28. The van der Waals surface area contributed by atoms with Gasteiger partial charge in [-0.25, -0.2) is 0 Å². The highest BCUT2D eigenvalue weighted by molar-refractivity contribution is 5.77. The fourth-order valence-electron chi connectivity index (χ4n) is 1.19. The van der Waals surface area contributed by atoms with Crippen molar-refractivity contribution in [3.63, 3.8) is 0 Å². The zero-order chi connectivity index (χ0) is 13.4. The molecule has 4 nitrogen and oxygen atoms in total. The number of rotatable bonds is 5. The van der Waals surface area contributed by atoms with Crippen LogP contribution in [0.3, 0.4) is 0 Å². The van der Waals surface area contributed by atoms with Gasteiger partial charge in [0.15, 0.2) is 6.61 Å². The second-order valence-electron chi connectivity index (χ2n) is 4.01. The van der Waals surface area contributed by atoms with Gasteiger partial charge in [-0.05, 0) is 38.1 Å². The molecule has 18 heavy (non-hydrogen) atoms. The zero-order valence-corrected chi connectivity index (χ0v) is 10.6. The minimum absolute atomic E-state index is 0.0253. The predicted octanol–water partition coefficient (Wildman–Crippen LogP) is 2.02. The Hall–Kier alpha value is -2.28. The highest BCUT2D eigenvalue weighted by Gasteiger charge is 2.01. The first-order valence-corrected chi connectivity index (χ1v) is 5.65. The summed E-state index contributed by atoms with van der Waals surface area (Å²) in [5.41, 5.74) is 1.72. The summed E-state index contributed by atoms with van der Waals surface area (Å²) in [5.74, 6) is 0.406. The molecule has 0 spiro atoms. The van der Waals surface area contributed by atoms with E-state index in [-0.39, 0.29) is 12.5 Å². The molecule has 1 aromatic rings. The number of carbonyl (C=O) groups excluding carboxylic acids is 1. The molecule has 0 aromatic heterocycles. The van der Waals surface area contributed by atoms with Crippen LogP contribution in [0.5, 0.6) is 5.75 Å². The van der Waals surface area contributed by atoms with Crippen molar-refractivity contribution in [2.75, 3.05) is 13.2 Å². The maximum absolute atomic E-state index is 11.4. The molecular weight excluding hydrogens is 228 g/mol. The molecule has 0 saturated carbocycles. The van der Waals surface area contributed by atoms with Crippen LogP contribution in [0.2, 0.25) is 0 Å². The standard InChI is InChI=1S/C14H16N2O2/c1-11(2)7-8-16-14(17)10-18-13-5-3-12(9-15)4-6-13/h3-7H,8,10H2,1-2H3,(H,16,17). The van der Waals surface area contributed by atoms with E-state index in [0.717, 1.165) is 5.57 Å². The second-order valence-corrected chi connectivity index (χ2v) is 4.01. The van der Waals surface area contributed by atoms with E-state index < -0.39 is 0 Å². The van der Waals surface area contributed by atoms with Gasteiger partial charge in [-0.3, -0.25) is 4.79 Å². The van der Waals surface area contributed by atoms with Crippen LogP contribution in [0.1, 0.15) is 19.4 Å². The third-order valence-electron chi connectivity index (χ3n) is 2.16. The van der Waals surface area contributed by atoms with Crippen molar-refractivity contribution in [2.45, 2.75) is 13.8 Å². The summed E-state index contributed by atoms with van der Waals surface area (Å²) in [7, 11) is 0. The Labute approximate surface area is 107 Å². The number of carbonyl (C=O) groups is 1. The van der Waals surface area contributed by atoms with E-state index in [1.54, 1.807) is 24.3 Å². The first kappa shape index (κ1) is 13.8. The number of hydrogen-bond acceptors (Lipinski definition) is 3. The molecule has 0 saturated heterocycles. The monoisotopic (exact) mass is 244 g/mol. The first-order chi connectivity index (χ1) is 8.61. The van der Waals surface area contributed by atoms with Gasteiger partial charge in [0.25, 0.3) is 5.91 Å². The predicted molar refractivity (Wildman–Crippen MR) is 69.1 cm³/mol. The maximum atomic E-state index is 11.4. The molecule has 0 aliphatic rings. The molecule has 0 aliphatic carbocycles. The van der Waals surface area contributed by atoms with Crippen LogP contribution in [0.4, 0.5) is 0 Å². The van der Waals surface area contributed by atoms with Crippen LogP contribution in [0.15, 0.2) is 35.9 Å². The number of nitriles is 1. The van der Waals surface area contributed by atoms with Gasteiger partial charge in [0.05, 0.1) is 11.6 Å². The lowest BCUT2D eigenvalue weighted by Crippen LogP contribution is -2.29. The Kier molecular flexibility index (Phi) is 5.46. The minimum atomic E-state index is -0.170. The SMILES string of the molecule is CC(C)=CCNC(=O)COc1ccc(C#N)cc1. The summed E-state index contributed by atoms with van der Waals surface area (Å²) in [6, 6.07) is 8.65. The number of nitrogens with zero attached hydrogens (tertiary/aromatic N) is 1. The molecule has 0 radical (unpaired) electrons. The highest BCUT2D eigenvalue weighted by atomic mass is 16.5. The topological polar surface area (TPSA) is 62.1 Å². The number of ether oxygens (including phenoxy) is 1. The van der Waals surface area contributed by atoms with E-state index in [1.807, 2.05) is 26.0 Å². The summed E-state index contributed by atoms with van der Waals surface area (Å²) in [6.07, 6.45) is 1.93. The van der Waals surface area contributed by atoms with E-state index in [0.29, 0.717) is 17.9 Å². The quantitative estimate of drug-likeness (QED) is 0.806. The number of allylic oxidation sites excluding steroid dienone is 1. The van der Waals surface area contributed by atoms with Crippen molar-refractivity contribution >= 4 is 5.91 Å². The molecule has 1 aromatic carbocycles. The van der Waals surface area contributed by atoms with E-state index in [9.17, 15) is 4.79 Å². The average Bonchev–Trinajstić information content (AvgIpc) is 2.36. The smallest absolute Gasteiger partial charge is 0.258 e. The van der Waals surface area contributed by atoms with E-state index in [1.165, 1.54) is 0 Å². The van der Waals surface area contributed by atoms with Crippen LogP contribution in [0, 0.1) is 11.3 Å². The Morgan fingerprint density at radius 2 is 2.06 bits per heavy atom. The van der Waals surface area contributed by atoms with Gasteiger partial charge in [0.1, 0.15) is 5.75 Å². The third kappa shape index (κ3) is 5.17. The minimum Gasteiger partial charge on any atom is -0.484 e. The molecule has 0 atom stereocenters. The van der Waals surface area contributed by atoms with Crippen molar-refractivity contribution in [1.29, 1.82) is 5.26 Å². The Bertz CT molecular complexity index is 466. The fraction of sp³-hybridized carbons (Fsp3) is 0.286. The number of nitrogens with one attached hydrogen (secondary N) is 1. The lowest BCUT2D eigenvalue weighted by molar-refractivity contribution is -0.122. The van der Waals surface area contributed by atoms with Gasteiger partial charge in [-0.2, -0.15) is 5.26 Å². The Morgan fingerprint density at radius 1 is 1.39 bits per heavy atom. The Balaban J connectivity index is 2.34. The number of benzene rings is 1. The van der Waals surface area contributed by atoms with E-state index in [4.69, 9.17) is 10.00 Å². The van der Waals surface area contributed by atoms with Gasteiger partial charge in [0.2, 0.25) is 0 Å². The molecule has 4 heteroatoms. The van der Waals surface area contributed by atoms with Crippen LogP contribution in [-0.2, 0) is 4.79 Å². The second kappa shape index (κ2) is 7.13. The maximum Gasteiger partial charge on any atom is 0.258 e. The van der Waals surface area contributed by atoms with Crippen LogP contribution in [-0.4, -0.2) is 19.1 Å². The van der Waals surface area contributed by atoms with Crippen molar-refractivity contribution < 1.29 is 9.53 Å². The van der Waals surface area contributed by atoms with Crippen molar-refractivity contribution in [3.05, 3.63) is 41.5 Å².